The summed E-state index contributed by atoms with van der Waals surface area (Å²) in [6, 6.07) is 10.1. The Balaban J connectivity index is 2.13. The average molecular weight is 443 g/mol. The van der Waals surface area contributed by atoms with Crippen molar-refractivity contribution in [1.82, 2.24) is 4.90 Å². The standard InChI is InChI=1S/C20H24ClFN2O4S/c1-4-14(3)24(20(25)23-16-8-11-19(22)18(21)12-16)13-15-6-9-17(10-7-15)28-29(26,27)5-2/h6-12,14H,4-5,13H2,1-3H3,(H,23,25). The summed E-state index contributed by atoms with van der Waals surface area (Å²) in [5.74, 6) is -0.462. The van der Waals surface area contributed by atoms with Crippen molar-refractivity contribution in [2.24, 2.45) is 0 Å². The van der Waals surface area contributed by atoms with Crippen molar-refractivity contribution in [2.75, 3.05) is 11.1 Å². The minimum atomic E-state index is -3.59. The van der Waals surface area contributed by atoms with E-state index in [4.69, 9.17) is 15.8 Å². The Labute approximate surface area is 175 Å². The first kappa shape index (κ1) is 23.0. The third-order valence-electron chi connectivity index (χ3n) is 4.41. The van der Waals surface area contributed by atoms with E-state index in [0.29, 0.717) is 12.2 Å². The van der Waals surface area contributed by atoms with Gasteiger partial charge in [0.2, 0.25) is 0 Å². The molecule has 2 aromatic carbocycles. The molecule has 0 radical (unpaired) electrons. The second-order valence-electron chi connectivity index (χ2n) is 6.52. The molecule has 0 bridgehead atoms. The number of amides is 2. The summed E-state index contributed by atoms with van der Waals surface area (Å²) in [5, 5.41) is 2.65. The third kappa shape index (κ3) is 6.61. The highest BCUT2D eigenvalue weighted by Gasteiger charge is 2.20. The number of benzene rings is 2. The number of carbonyl (C=O) groups is 1. The monoisotopic (exact) mass is 442 g/mol. The lowest BCUT2D eigenvalue weighted by Gasteiger charge is -2.29. The lowest BCUT2D eigenvalue weighted by Crippen LogP contribution is -2.40. The van der Waals surface area contributed by atoms with Gasteiger partial charge in [-0.3, -0.25) is 0 Å². The van der Waals surface area contributed by atoms with Gasteiger partial charge in [-0.05, 0) is 56.2 Å². The van der Waals surface area contributed by atoms with Crippen LogP contribution in [0.25, 0.3) is 0 Å². The van der Waals surface area contributed by atoms with Crippen molar-refractivity contribution in [3.63, 3.8) is 0 Å². The topological polar surface area (TPSA) is 75.7 Å². The molecule has 0 spiro atoms. The molecule has 1 atom stereocenters. The second kappa shape index (κ2) is 9.93. The molecule has 2 amide bonds. The Bertz CT molecular complexity index is 951. The molecule has 2 rings (SSSR count). The van der Waals surface area contributed by atoms with Gasteiger partial charge in [-0.25, -0.2) is 9.18 Å². The molecule has 6 nitrogen and oxygen atoms in total. The van der Waals surface area contributed by atoms with Crippen LogP contribution in [0.15, 0.2) is 42.5 Å². The molecule has 0 aromatic heterocycles. The van der Waals surface area contributed by atoms with Crippen LogP contribution >= 0.6 is 11.6 Å². The van der Waals surface area contributed by atoms with Crippen LogP contribution in [-0.4, -0.2) is 31.1 Å². The lowest BCUT2D eigenvalue weighted by molar-refractivity contribution is 0.187. The molecule has 158 valence electrons. The summed E-state index contributed by atoms with van der Waals surface area (Å²) in [5.41, 5.74) is 1.20. The predicted octanol–water partition coefficient (Wildman–Crippen LogP) is 5.04. The van der Waals surface area contributed by atoms with E-state index in [1.54, 1.807) is 29.2 Å². The van der Waals surface area contributed by atoms with Gasteiger partial charge >= 0.3 is 16.1 Å². The Kier molecular flexibility index (Phi) is 7.87. The molecule has 1 unspecified atom stereocenters. The maximum Gasteiger partial charge on any atom is 0.322 e. The number of carbonyl (C=O) groups excluding carboxylic acids is 1. The molecule has 1 N–H and O–H groups in total. The van der Waals surface area contributed by atoms with E-state index in [-0.39, 0.29) is 28.6 Å². The van der Waals surface area contributed by atoms with Crippen LogP contribution in [0, 0.1) is 5.82 Å². The molecule has 0 aliphatic rings. The Morgan fingerprint density at radius 3 is 2.41 bits per heavy atom. The number of halogens is 2. The fourth-order valence-corrected chi connectivity index (χ4v) is 3.17. The van der Waals surface area contributed by atoms with Crippen LogP contribution in [0.3, 0.4) is 0 Å². The number of hydrogen-bond donors (Lipinski definition) is 1. The van der Waals surface area contributed by atoms with E-state index in [2.05, 4.69) is 5.32 Å². The summed E-state index contributed by atoms with van der Waals surface area (Å²) in [7, 11) is -3.59. The highest BCUT2D eigenvalue weighted by molar-refractivity contribution is 7.87. The number of nitrogens with zero attached hydrogens (tertiary/aromatic N) is 1. The number of hydrogen-bond acceptors (Lipinski definition) is 4. The van der Waals surface area contributed by atoms with Gasteiger partial charge in [0.15, 0.2) is 0 Å². The molecule has 0 saturated carbocycles. The maximum absolute atomic E-state index is 13.3. The first-order valence-electron chi connectivity index (χ1n) is 9.19. The Morgan fingerprint density at radius 2 is 1.86 bits per heavy atom. The predicted molar refractivity (Wildman–Crippen MR) is 112 cm³/mol. The third-order valence-corrected chi connectivity index (χ3v) is 5.85. The van der Waals surface area contributed by atoms with Crippen molar-refractivity contribution in [1.29, 1.82) is 0 Å². The minimum absolute atomic E-state index is 0.0673. The highest BCUT2D eigenvalue weighted by Crippen LogP contribution is 2.21. The van der Waals surface area contributed by atoms with E-state index in [1.807, 2.05) is 13.8 Å². The maximum atomic E-state index is 13.3. The molecule has 9 heteroatoms. The molecule has 0 saturated heterocycles. The minimum Gasteiger partial charge on any atom is -0.382 e. The Morgan fingerprint density at radius 1 is 1.21 bits per heavy atom. The summed E-state index contributed by atoms with van der Waals surface area (Å²) in [6.45, 7) is 5.69. The zero-order chi connectivity index (χ0) is 21.6. The quantitative estimate of drug-likeness (QED) is 0.581. The van der Waals surface area contributed by atoms with Crippen LogP contribution in [0.1, 0.15) is 32.8 Å². The zero-order valence-corrected chi connectivity index (χ0v) is 18.1. The largest absolute Gasteiger partial charge is 0.382 e. The fraction of sp³-hybridized carbons (Fsp3) is 0.350. The second-order valence-corrected chi connectivity index (χ2v) is 8.78. The molecular weight excluding hydrogens is 419 g/mol. The zero-order valence-electron chi connectivity index (χ0n) is 16.5. The summed E-state index contributed by atoms with van der Waals surface area (Å²) in [4.78, 5) is 14.4. The number of rotatable bonds is 8. The van der Waals surface area contributed by atoms with E-state index in [9.17, 15) is 17.6 Å². The lowest BCUT2D eigenvalue weighted by atomic mass is 10.1. The van der Waals surface area contributed by atoms with Crippen molar-refractivity contribution < 1.29 is 21.8 Å². The fourth-order valence-electron chi connectivity index (χ4n) is 2.47. The first-order chi connectivity index (χ1) is 13.6. The molecule has 0 aliphatic heterocycles. The normalized spacial score (nSPS) is 12.3. The van der Waals surface area contributed by atoms with Crippen molar-refractivity contribution >= 4 is 33.4 Å². The van der Waals surface area contributed by atoms with Crippen molar-refractivity contribution in [3.05, 3.63) is 58.9 Å². The molecular formula is C20H24ClFN2O4S. The average Bonchev–Trinajstić information content (AvgIpc) is 2.69. The van der Waals surface area contributed by atoms with Gasteiger partial charge in [0, 0.05) is 18.3 Å². The first-order valence-corrected chi connectivity index (χ1v) is 11.1. The SMILES string of the molecule is CCC(C)N(Cc1ccc(OS(=O)(=O)CC)cc1)C(=O)Nc1ccc(F)c(Cl)c1. The Hall–Kier alpha value is -2.32. The number of nitrogens with one attached hydrogen (secondary N) is 1. The molecule has 0 heterocycles. The molecule has 0 fully saturated rings. The van der Waals surface area contributed by atoms with E-state index in [0.717, 1.165) is 12.0 Å². The van der Waals surface area contributed by atoms with E-state index < -0.39 is 15.9 Å². The van der Waals surface area contributed by atoms with Crippen molar-refractivity contribution in [3.8, 4) is 5.75 Å². The van der Waals surface area contributed by atoms with Gasteiger partial charge in [0.05, 0.1) is 10.8 Å². The van der Waals surface area contributed by atoms with Gasteiger partial charge < -0.3 is 14.4 Å². The molecule has 29 heavy (non-hydrogen) atoms. The van der Waals surface area contributed by atoms with Crippen LogP contribution in [0.2, 0.25) is 5.02 Å². The van der Waals surface area contributed by atoms with Crippen LogP contribution < -0.4 is 9.50 Å². The smallest absolute Gasteiger partial charge is 0.322 e. The van der Waals surface area contributed by atoms with Gasteiger partial charge in [-0.1, -0.05) is 30.7 Å². The number of anilines is 1. The van der Waals surface area contributed by atoms with Gasteiger partial charge in [-0.15, -0.1) is 0 Å². The highest BCUT2D eigenvalue weighted by atomic mass is 35.5. The molecule has 2 aromatic rings. The van der Waals surface area contributed by atoms with Crippen LogP contribution in [0.5, 0.6) is 5.75 Å². The van der Waals surface area contributed by atoms with Gasteiger partial charge in [-0.2, -0.15) is 8.42 Å². The van der Waals surface area contributed by atoms with Gasteiger partial charge in [0.25, 0.3) is 0 Å². The summed E-state index contributed by atoms with van der Waals surface area (Å²) >= 11 is 5.77. The summed E-state index contributed by atoms with van der Waals surface area (Å²) < 4.78 is 41.4. The van der Waals surface area contributed by atoms with Gasteiger partial charge in [0.1, 0.15) is 11.6 Å². The van der Waals surface area contributed by atoms with E-state index >= 15 is 0 Å². The molecule has 0 aliphatic carbocycles. The van der Waals surface area contributed by atoms with Crippen LogP contribution in [0.4, 0.5) is 14.9 Å². The van der Waals surface area contributed by atoms with Crippen LogP contribution in [-0.2, 0) is 16.7 Å². The van der Waals surface area contributed by atoms with E-state index in [1.165, 1.54) is 25.1 Å². The number of urea groups is 1. The summed E-state index contributed by atoms with van der Waals surface area (Å²) in [6.07, 6.45) is 0.730. The van der Waals surface area contributed by atoms with Crippen molar-refractivity contribution in [2.45, 2.75) is 39.8 Å².